The molecule has 0 bridgehead atoms. The molecule has 1 aliphatic heterocycles. The Labute approximate surface area is 146 Å². The molecule has 1 fully saturated rings. The number of aryl methyl sites for hydroxylation is 1. The fourth-order valence-corrected chi connectivity index (χ4v) is 3.33. The van der Waals surface area contributed by atoms with Gasteiger partial charge in [0.25, 0.3) is 0 Å². The first kappa shape index (κ1) is 18.1. The van der Waals surface area contributed by atoms with Gasteiger partial charge < -0.3 is 9.64 Å². The summed E-state index contributed by atoms with van der Waals surface area (Å²) in [4.78, 5) is 26.2. The largest absolute Gasteiger partial charge is 0.464 e. The molecule has 23 heavy (non-hydrogen) atoms. The summed E-state index contributed by atoms with van der Waals surface area (Å²) in [5.74, 6) is -0.334. The van der Waals surface area contributed by atoms with Crippen LogP contribution in [0.4, 0.5) is 0 Å². The van der Waals surface area contributed by atoms with E-state index in [1.54, 1.807) is 24.0 Å². The number of esters is 1. The van der Waals surface area contributed by atoms with Gasteiger partial charge in [0, 0.05) is 23.0 Å². The molecule has 1 aromatic carbocycles. The third-order valence-electron chi connectivity index (χ3n) is 4.01. The normalized spacial score (nSPS) is 17.9. The van der Waals surface area contributed by atoms with Crippen LogP contribution in [0.3, 0.4) is 0 Å². The number of nitrogens with zero attached hydrogens (tertiary/aromatic N) is 1. The van der Waals surface area contributed by atoms with E-state index in [4.69, 9.17) is 27.9 Å². The van der Waals surface area contributed by atoms with Crippen molar-refractivity contribution in [2.75, 3.05) is 13.2 Å². The number of piperidine rings is 1. The summed E-state index contributed by atoms with van der Waals surface area (Å²) in [6.07, 6.45) is 3.38. The number of carbonyl (C=O) groups excluding carboxylic acids is 2. The van der Waals surface area contributed by atoms with Crippen molar-refractivity contribution in [2.24, 2.45) is 0 Å². The number of amides is 1. The zero-order chi connectivity index (χ0) is 16.8. The van der Waals surface area contributed by atoms with E-state index in [1.807, 2.05) is 6.07 Å². The number of hydrogen-bond acceptors (Lipinski definition) is 3. The first-order chi connectivity index (χ1) is 11.0. The van der Waals surface area contributed by atoms with Gasteiger partial charge in [0.05, 0.1) is 6.61 Å². The van der Waals surface area contributed by atoms with Crippen molar-refractivity contribution in [3.63, 3.8) is 0 Å². The van der Waals surface area contributed by atoms with Gasteiger partial charge in [-0.3, -0.25) is 4.79 Å². The third kappa shape index (κ3) is 4.85. The van der Waals surface area contributed by atoms with Crippen LogP contribution in [-0.4, -0.2) is 36.0 Å². The van der Waals surface area contributed by atoms with Crippen LogP contribution >= 0.6 is 23.2 Å². The molecular weight excluding hydrogens is 337 g/mol. The fraction of sp³-hybridized carbons (Fsp3) is 0.529. The molecule has 6 heteroatoms. The van der Waals surface area contributed by atoms with Crippen molar-refractivity contribution in [3.05, 3.63) is 33.8 Å². The molecule has 4 nitrogen and oxygen atoms in total. The van der Waals surface area contributed by atoms with E-state index in [2.05, 4.69) is 0 Å². The summed E-state index contributed by atoms with van der Waals surface area (Å²) >= 11 is 12.0. The lowest BCUT2D eigenvalue weighted by Gasteiger charge is -2.34. The minimum atomic E-state index is -0.447. The number of carbonyl (C=O) groups is 2. The van der Waals surface area contributed by atoms with Gasteiger partial charge in [-0.15, -0.1) is 0 Å². The van der Waals surface area contributed by atoms with E-state index in [1.165, 1.54) is 0 Å². The maximum absolute atomic E-state index is 12.5. The molecule has 0 aromatic heterocycles. The predicted octanol–water partition coefficient (Wildman–Crippen LogP) is 3.87. The Kier molecular flexibility index (Phi) is 6.72. The van der Waals surface area contributed by atoms with Crippen LogP contribution in [0.5, 0.6) is 0 Å². The van der Waals surface area contributed by atoms with Gasteiger partial charge in [0.1, 0.15) is 6.04 Å². The van der Waals surface area contributed by atoms with Crippen LogP contribution in [0.1, 0.15) is 38.2 Å². The average molecular weight is 358 g/mol. The van der Waals surface area contributed by atoms with Crippen molar-refractivity contribution >= 4 is 35.1 Å². The van der Waals surface area contributed by atoms with Crippen LogP contribution < -0.4 is 0 Å². The van der Waals surface area contributed by atoms with Gasteiger partial charge in [-0.2, -0.15) is 0 Å². The summed E-state index contributed by atoms with van der Waals surface area (Å²) in [6, 6.07) is 4.81. The van der Waals surface area contributed by atoms with Crippen LogP contribution in [0.2, 0.25) is 10.0 Å². The Balaban J connectivity index is 1.98. The molecule has 1 saturated heterocycles. The quantitative estimate of drug-likeness (QED) is 0.751. The molecule has 0 N–H and O–H groups in total. The van der Waals surface area contributed by atoms with E-state index in [0.29, 0.717) is 42.5 Å². The van der Waals surface area contributed by atoms with Crippen LogP contribution in [0, 0.1) is 0 Å². The zero-order valence-electron chi connectivity index (χ0n) is 13.2. The van der Waals surface area contributed by atoms with Gasteiger partial charge in [-0.25, -0.2) is 4.79 Å². The highest BCUT2D eigenvalue weighted by Crippen LogP contribution is 2.24. The van der Waals surface area contributed by atoms with Crippen molar-refractivity contribution in [3.8, 4) is 0 Å². The molecule has 1 atom stereocenters. The number of benzene rings is 1. The van der Waals surface area contributed by atoms with E-state index in [9.17, 15) is 9.59 Å². The SMILES string of the molecule is CCOC(=O)C1CCCCN1C(=O)CCc1ccc(Cl)cc1Cl. The summed E-state index contributed by atoms with van der Waals surface area (Å²) in [6.45, 7) is 2.71. The van der Waals surface area contributed by atoms with Crippen LogP contribution in [0.15, 0.2) is 18.2 Å². The lowest BCUT2D eigenvalue weighted by molar-refractivity contribution is -0.156. The number of likely N-dealkylation sites (tertiary alicyclic amines) is 1. The van der Waals surface area contributed by atoms with E-state index >= 15 is 0 Å². The molecule has 0 spiro atoms. The zero-order valence-corrected chi connectivity index (χ0v) is 14.7. The molecular formula is C17H21Cl2NO3. The number of ether oxygens (including phenoxy) is 1. The molecule has 2 rings (SSSR count). The van der Waals surface area contributed by atoms with Crippen LogP contribution in [-0.2, 0) is 20.7 Å². The maximum Gasteiger partial charge on any atom is 0.328 e. The third-order valence-corrected chi connectivity index (χ3v) is 4.59. The first-order valence-corrected chi connectivity index (χ1v) is 8.68. The Morgan fingerprint density at radius 2 is 2.09 bits per heavy atom. The van der Waals surface area contributed by atoms with Gasteiger partial charge in [0.15, 0.2) is 0 Å². The average Bonchev–Trinajstić information content (AvgIpc) is 2.54. The lowest BCUT2D eigenvalue weighted by atomic mass is 10.0. The molecule has 0 radical (unpaired) electrons. The number of hydrogen-bond donors (Lipinski definition) is 0. The molecule has 1 aliphatic rings. The molecule has 1 unspecified atom stereocenters. The van der Waals surface area contributed by atoms with E-state index in [-0.39, 0.29) is 11.9 Å². The maximum atomic E-state index is 12.5. The second kappa shape index (κ2) is 8.55. The molecule has 1 aromatic rings. The van der Waals surface area contributed by atoms with Gasteiger partial charge in [-0.1, -0.05) is 29.3 Å². The van der Waals surface area contributed by atoms with Crippen molar-refractivity contribution < 1.29 is 14.3 Å². The summed E-state index contributed by atoms with van der Waals surface area (Å²) < 4.78 is 5.09. The summed E-state index contributed by atoms with van der Waals surface area (Å²) in [7, 11) is 0. The number of halogens is 2. The molecule has 126 valence electrons. The lowest BCUT2D eigenvalue weighted by Crippen LogP contribution is -2.48. The highest BCUT2D eigenvalue weighted by atomic mass is 35.5. The Morgan fingerprint density at radius 1 is 1.30 bits per heavy atom. The second-order valence-corrected chi connectivity index (χ2v) is 6.43. The Morgan fingerprint density at radius 3 is 2.78 bits per heavy atom. The van der Waals surface area contributed by atoms with E-state index in [0.717, 1.165) is 18.4 Å². The fourth-order valence-electron chi connectivity index (χ4n) is 2.82. The van der Waals surface area contributed by atoms with Crippen LogP contribution in [0.25, 0.3) is 0 Å². The smallest absolute Gasteiger partial charge is 0.328 e. The summed E-state index contributed by atoms with van der Waals surface area (Å²) in [5.41, 5.74) is 0.883. The molecule has 1 heterocycles. The van der Waals surface area contributed by atoms with E-state index < -0.39 is 6.04 Å². The second-order valence-electron chi connectivity index (χ2n) is 5.59. The first-order valence-electron chi connectivity index (χ1n) is 7.93. The van der Waals surface area contributed by atoms with Gasteiger partial charge in [-0.05, 0) is 50.3 Å². The minimum absolute atomic E-state index is 0.0335. The highest BCUT2D eigenvalue weighted by molar-refractivity contribution is 6.35. The standard InChI is InChI=1S/C17H21Cl2NO3/c1-2-23-17(22)15-5-3-4-10-20(15)16(21)9-7-12-6-8-13(18)11-14(12)19/h6,8,11,15H,2-5,7,9-10H2,1H3. The number of rotatable bonds is 5. The summed E-state index contributed by atoms with van der Waals surface area (Å²) in [5, 5.41) is 1.13. The monoisotopic (exact) mass is 357 g/mol. The molecule has 0 saturated carbocycles. The molecule has 0 aliphatic carbocycles. The van der Waals surface area contributed by atoms with Gasteiger partial charge >= 0.3 is 5.97 Å². The molecule has 1 amide bonds. The Bertz CT molecular complexity index is 577. The minimum Gasteiger partial charge on any atom is -0.464 e. The van der Waals surface area contributed by atoms with Gasteiger partial charge in [0.2, 0.25) is 5.91 Å². The predicted molar refractivity (Wildman–Crippen MR) is 90.8 cm³/mol. The van der Waals surface area contributed by atoms with Crippen molar-refractivity contribution in [2.45, 2.75) is 45.1 Å². The van der Waals surface area contributed by atoms with Crippen molar-refractivity contribution in [1.82, 2.24) is 4.90 Å². The van der Waals surface area contributed by atoms with Crippen molar-refractivity contribution in [1.29, 1.82) is 0 Å². The topological polar surface area (TPSA) is 46.6 Å². The Hall–Kier alpha value is -1.26. The highest BCUT2D eigenvalue weighted by Gasteiger charge is 2.32.